The predicted octanol–water partition coefficient (Wildman–Crippen LogP) is 2.93. The lowest BCUT2D eigenvalue weighted by atomic mass is 10.2. The topological polar surface area (TPSA) is 55.4 Å². The van der Waals surface area contributed by atoms with Gasteiger partial charge in [0.2, 0.25) is 5.91 Å². The van der Waals surface area contributed by atoms with Crippen LogP contribution in [0.4, 0.5) is 0 Å². The van der Waals surface area contributed by atoms with Gasteiger partial charge in [-0.15, -0.1) is 11.8 Å². The molecule has 0 fully saturated rings. The third-order valence-corrected chi connectivity index (χ3v) is 3.54. The molecule has 0 saturated heterocycles. The molecule has 1 aromatic carbocycles. The number of carbonyl (C=O) groups excluding carboxylic acids is 2. The molecule has 0 radical (unpaired) electrons. The van der Waals surface area contributed by atoms with Crippen LogP contribution in [0.15, 0.2) is 29.2 Å². The second-order valence-corrected chi connectivity index (χ2v) is 6.97. The Kier molecular flexibility index (Phi) is 6.27. The van der Waals surface area contributed by atoms with E-state index in [9.17, 15) is 9.59 Å². The molecule has 1 atom stereocenters. The van der Waals surface area contributed by atoms with Gasteiger partial charge in [0.05, 0.1) is 5.75 Å². The largest absolute Gasteiger partial charge is 0.458 e. The lowest BCUT2D eigenvalue weighted by Gasteiger charge is -2.22. The summed E-state index contributed by atoms with van der Waals surface area (Å²) in [5.41, 5.74) is 0.634. The fourth-order valence-corrected chi connectivity index (χ4v) is 2.23. The molecule has 4 nitrogen and oxygen atoms in total. The van der Waals surface area contributed by atoms with Crippen LogP contribution in [0.3, 0.4) is 0 Å². The van der Waals surface area contributed by atoms with Crippen molar-refractivity contribution in [3.63, 3.8) is 0 Å². The molecule has 1 amide bonds. The minimum absolute atomic E-state index is 0.182. The van der Waals surface area contributed by atoms with E-state index < -0.39 is 17.6 Å². The number of rotatable bonds is 5. The molecule has 0 unspecified atom stereocenters. The van der Waals surface area contributed by atoms with Gasteiger partial charge in [-0.1, -0.05) is 17.7 Å². The fraction of sp³-hybridized carbons (Fsp3) is 0.500. The van der Waals surface area contributed by atoms with E-state index >= 15 is 0 Å². The van der Waals surface area contributed by atoms with E-state index in [1.807, 2.05) is 31.2 Å². The van der Waals surface area contributed by atoms with Gasteiger partial charge < -0.3 is 10.1 Å². The molecule has 0 saturated carbocycles. The van der Waals surface area contributed by atoms with Gasteiger partial charge in [-0.3, -0.25) is 4.79 Å². The number of esters is 1. The second kappa shape index (κ2) is 7.50. The molecule has 0 aromatic heterocycles. The lowest BCUT2D eigenvalue weighted by molar-refractivity contribution is -0.157. The number of carbonyl (C=O) groups is 2. The van der Waals surface area contributed by atoms with Crippen LogP contribution in [0.2, 0.25) is 0 Å². The van der Waals surface area contributed by atoms with Crippen molar-refractivity contribution in [1.29, 1.82) is 0 Å². The Hall–Kier alpha value is -1.49. The van der Waals surface area contributed by atoms with Gasteiger partial charge >= 0.3 is 5.97 Å². The van der Waals surface area contributed by atoms with E-state index in [2.05, 4.69) is 5.32 Å². The summed E-state index contributed by atoms with van der Waals surface area (Å²) in [7, 11) is 0. The Morgan fingerprint density at radius 3 is 2.33 bits per heavy atom. The highest BCUT2D eigenvalue weighted by Crippen LogP contribution is 2.17. The van der Waals surface area contributed by atoms with Gasteiger partial charge in [0.25, 0.3) is 0 Å². The quantitative estimate of drug-likeness (QED) is 0.671. The van der Waals surface area contributed by atoms with Crippen molar-refractivity contribution < 1.29 is 14.3 Å². The number of hydrogen-bond acceptors (Lipinski definition) is 4. The maximum absolute atomic E-state index is 11.8. The highest BCUT2D eigenvalue weighted by Gasteiger charge is 2.22. The van der Waals surface area contributed by atoms with Gasteiger partial charge in [0.1, 0.15) is 11.6 Å². The zero-order valence-electron chi connectivity index (χ0n) is 13.2. The minimum atomic E-state index is -0.643. The van der Waals surface area contributed by atoms with Crippen molar-refractivity contribution in [1.82, 2.24) is 5.32 Å². The first-order chi connectivity index (χ1) is 9.67. The number of aryl methyl sites for hydroxylation is 1. The average Bonchev–Trinajstić information content (AvgIpc) is 2.36. The monoisotopic (exact) mass is 309 g/mol. The van der Waals surface area contributed by atoms with Gasteiger partial charge in [0, 0.05) is 4.90 Å². The van der Waals surface area contributed by atoms with Crippen LogP contribution in [0.1, 0.15) is 33.3 Å². The van der Waals surface area contributed by atoms with Crippen molar-refractivity contribution in [2.75, 3.05) is 5.75 Å². The summed E-state index contributed by atoms with van der Waals surface area (Å²) in [6.07, 6.45) is 0. The summed E-state index contributed by atoms with van der Waals surface area (Å²) in [4.78, 5) is 24.6. The predicted molar refractivity (Wildman–Crippen MR) is 85.4 cm³/mol. The van der Waals surface area contributed by atoms with Gasteiger partial charge in [0.15, 0.2) is 0 Å². The summed E-state index contributed by atoms with van der Waals surface area (Å²) >= 11 is 1.44. The van der Waals surface area contributed by atoms with E-state index in [0.29, 0.717) is 0 Å². The molecular weight excluding hydrogens is 286 g/mol. The van der Waals surface area contributed by atoms with Crippen molar-refractivity contribution >= 4 is 23.6 Å². The van der Waals surface area contributed by atoms with Crippen molar-refractivity contribution in [2.45, 2.75) is 51.2 Å². The maximum atomic E-state index is 11.8. The first-order valence-corrected chi connectivity index (χ1v) is 7.87. The summed E-state index contributed by atoms with van der Waals surface area (Å²) in [6, 6.07) is 7.32. The van der Waals surface area contributed by atoms with Crippen LogP contribution < -0.4 is 5.32 Å². The third-order valence-electron chi connectivity index (χ3n) is 2.53. The molecule has 1 aromatic rings. The van der Waals surface area contributed by atoms with Crippen molar-refractivity contribution in [2.24, 2.45) is 0 Å². The fourth-order valence-electron chi connectivity index (χ4n) is 1.52. The molecule has 21 heavy (non-hydrogen) atoms. The highest BCUT2D eigenvalue weighted by molar-refractivity contribution is 8.00. The van der Waals surface area contributed by atoms with Crippen LogP contribution in [0, 0.1) is 6.92 Å². The summed E-state index contributed by atoms with van der Waals surface area (Å²) < 4.78 is 5.22. The second-order valence-electron chi connectivity index (χ2n) is 5.92. The summed E-state index contributed by atoms with van der Waals surface area (Å²) in [5, 5.41) is 2.65. The molecule has 0 aliphatic rings. The Bertz CT molecular complexity index is 491. The first-order valence-electron chi connectivity index (χ1n) is 6.89. The van der Waals surface area contributed by atoms with Crippen molar-refractivity contribution in [3.8, 4) is 0 Å². The SMILES string of the molecule is Cc1ccc(SCC(=O)N[C@@H](C)C(=O)OC(C)(C)C)cc1. The van der Waals surface area contributed by atoms with E-state index in [4.69, 9.17) is 4.74 Å². The Balaban J connectivity index is 2.39. The zero-order valence-corrected chi connectivity index (χ0v) is 14.0. The Morgan fingerprint density at radius 2 is 1.81 bits per heavy atom. The van der Waals surface area contributed by atoms with Crippen LogP contribution in [-0.2, 0) is 14.3 Å². The molecule has 0 spiro atoms. The van der Waals surface area contributed by atoms with Gasteiger partial charge in [-0.05, 0) is 46.8 Å². The van der Waals surface area contributed by atoms with Crippen LogP contribution in [-0.4, -0.2) is 29.3 Å². The molecule has 0 heterocycles. The molecular formula is C16H23NO3S. The Labute approximate surface area is 130 Å². The van der Waals surface area contributed by atoms with Crippen LogP contribution in [0.5, 0.6) is 0 Å². The maximum Gasteiger partial charge on any atom is 0.328 e. The Morgan fingerprint density at radius 1 is 1.24 bits per heavy atom. The smallest absolute Gasteiger partial charge is 0.328 e. The number of nitrogens with one attached hydrogen (secondary N) is 1. The van der Waals surface area contributed by atoms with Gasteiger partial charge in [-0.25, -0.2) is 4.79 Å². The molecule has 0 aliphatic carbocycles. The molecule has 1 N–H and O–H groups in total. The normalized spacial score (nSPS) is 12.6. The van der Waals surface area contributed by atoms with Crippen molar-refractivity contribution in [3.05, 3.63) is 29.8 Å². The lowest BCUT2D eigenvalue weighted by Crippen LogP contribution is -2.42. The highest BCUT2D eigenvalue weighted by atomic mass is 32.2. The summed E-state index contributed by atoms with van der Waals surface area (Å²) in [6.45, 7) is 9.04. The average molecular weight is 309 g/mol. The van der Waals surface area contributed by atoms with Crippen LogP contribution in [0.25, 0.3) is 0 Å². The minimum Gasteiger partial charge on any atom is -0.458 e. The molecule has 0 bridgehead atoms. The number of thioether (sulfide) groups is 1. The van der Waals surface area contributed by atoms with Gasteiger partial charge in [-0.2, -0.15) is 0 Å². The molecule has 0 aliphatic heterocycles. The number of amides is 1. The van der Waals surface area contributed by atoms with Crippen LogP contribution >= 0.6 is 11.8 Å². The first kappa shape index (κ1) is 17.6. The molecule has 116 valence electrons. The van der Waals surface area contributed by atoms with E-state index in [0.717, 1.165) is 4.90 Å². The molecule has 5 heteroatoms. The number of hydrogen-bond donors (Lipinski definition) is 1. The number of ether oxygens (including phenoxy) is 1. The summed E-state index contributed by atoms with van der Waals surface area (Å²) in [5.74, 6) is -0.328. The van der Waals surface area contributed by atoms with E-state index in [1.54, 1.807) is 27.7 Å². The number of benzene rings is 1. The van der Waals surface area contributed by atoms with E-state index in [-0.39, 0.29) is 11.7 Å². The van der Waals surface area contributed by atoms with E-state index in [1.165, 1.54) is 17.3 Å². The molecule has 1 rings (SSSR count). The standard InChI is InChI=1S/C16H23NO3S/c1-11-6-8-13(9-7-11)21-10-14(18)17-12(2)15(19)20-16(3,4)5/h6-9,12H,10H2,1-5H3,(H,17,18)/t12-/m0/s1. The third kappa shape index (κ3) is 7.18. The zero-order chi connectivity index (χ0) is 16.0.